The molecule has 1 aromatic rings. The van der Waals surface area contributed by atoms with E-state index in [4.69, 9.17) is 9.47 Å². The van der Waals surface area contributed by atoms with E-state index in [-0.39, 0.29) is 0 Å². The molecule has 72 valence electrons. The molecule has 0 saturated carbocycles. The lowest BCUT2D eigenvalue weighted by molar-refractivity contribution is 0.299. The lowest BCUT2D eigenvalue weighted by Gasteiger charge is -2.05. The van der Waals surface area contributed by atoms with Gasteiger partial charge in [0.25, 0.3) is 0 Å². The maximum absolute atomic E-state index is 5.34. The summed E-state index contributed by atoms with van der Waals surface area (Å²) in [6.07, 6.45) is 0. The van der Waals surface area contributed by atoms with Gasteiger partial charge in [0.2, 0.25) is 11.8 Å². The summed E-state index contributed by atoms with van der Waals surface area (Å²) in [4.78, 5) is 4.09. The third kappa shape index (κ3) is 3.29. The molecule has 13 heavy (non-hydrogen) atoms. The van der Waals surface area contributed by atoms with Crippen molar-refractivity contribution in [2.24, 2.45) is 0 Å². The van der Waals surface area contributed by atoms with Crippen molar-refractivity contribution in [3.05, 3.63) is 18.2 Å². The summed E-state index contributed by atoms with van der Waals surface area (Å²) in [5.74, 6) is 1.16. The van der Waals surface area contributed by atoms with Crippen molar-refractivity contribution in [2.45, 2.75) is 0 Å². The van der Waals surface area contributed by atoms with Crippen LogP contribution in [-0.4, -0.2) is 32.3 Å². The van der Waals surface area contributed by atoms with Gasteiger partial charge in [-0.3, -0.25) is 0 Å². The summed E-state index contributed by atoms with van der Waals surface area (Å²) in [7, 11) is 3.46. The molecule has 1 heterocycles. The normalized spacial score (nSPS) is 9.69. The minimum atomic E-state index is 0.571. The SMILES string of the molecule is CNCCOc1cccc(OC)n1. The molecule has 4 heteroatoms. The molecule has 0 aliphatic carbocycles. The van der Waals surface area contributed by atoms with E-state index >= 15 is 0 Å². The van der Waals surface area contributed by atoms with Crippen molar-refractivity contribution in [2.75, 3.05) is 27.3 Å². The Bertz CT molecular complexity index is 253. The number of rotatable bonds is 5. The monoisotopic (exact) mass is 182 g/mol. The van der Waals surface area contributed by atoms with Crippen LogP contribution in [0.15, 0.2) is 18.2 Å². The molecule has 4 nitrogen and oxygen atoms in total. The van der Waals surface area contributed by atoms with Crippen molar-refractivity contribution < 1.29 is 9.47 Å². The Kier molecular flexibility index (Phi) is 4.05. The Balaban J connectivity index is 2.46. The maximum Gasteiger partial charge on any atom is 0.216 e. The first-order valence-electron chi connectivity index (χ1n) is 4.15. The molecule has 0 atom stereocenters. The number of hydrogen-bond donors (Lipinski definition) is 1. The summed E-state index contributed by atoms with van der Waals surface area (Å²) in [5, 5.41) is 2.98. The Morgan fingerprint density at radius 1 is 1.38 bits per heavy atom. The van der Waals surface area contributed by atoms with Crippen LogP contribution in [0, 0.1) is 0 Å². The molecule has 1 rings (SSSR count). The van der Waals surface area contributed by atoms with E-state index < -0.39 is 0 Å². The fourth-order valence-corrected chi connectivity index (χ4v) is 0.848. The van der Waals surface area contributed by atoms with Crippen LogP contribution < -0.4 is 14.8 Å². The van der Waals surface area contributed by atoms with Crippen molar-refractivity contribution in [3.63, 3.8) is 0 Å². The molecule has 0 saturated heterocycles. The van der Waals surface area contributed by atoms with Gasteiger partial charge in [0.1, 0.15) is 6.61 Å². The molecule has 0 fully saturated rings. The summed E-state index contributed by atoms with van der Waals surface area (Å²) >= 11 is 0. The summed E-state index contributed by atoms with van der Waals surface area (Å²) in [5.41, 5.74) is 0. The zero-order chi connectivity index (χ0) is 9.52. The predicted octanol–water partition coefficient (Wildman–Crippen LogP) is 0.688. The van der Waals surface area contributed by atoms with Crippen molar-refractivity contribution in [3.8, 4) is 11.8 Å². The van der Waals surface area contributed by atoms with E-state index in [1.165, 1.54) is 0 Å². The highest BCUT2D eigenvalue weighted by Crippen LogP contribution is 2.12. The predicted molar refractivity (Wildman–Crippen MR) is 50.2 cm³/mol. The molecule has 0 bridgehead atoms. The highest BCUT2D eigenvalue weighted by Gasteiger charge is 1.96. The van der Waals surface area contributed by atoms with Gasteiger partial charge in [-0.2, -0.15) is 4.98 Å². The minimum Gasteiger partial charge on any atom is -0.481 e. The van der Waals surface area contributed by atoms with Crippen LogP contribution in [-0.2, 0) is 0 Å². The average Bonchev–Trinajstić information content (AvgIpc) is 2.19. The summed E-state index contributed by atoms with van der Waals surface area (Å²) in [6.45, 7) is 1.41. The zero-order valence-corrected chi connectivity index (χ0v) is 7.91. The molecule has 0 aromatic carbocycles. The Morgan fingerprint density at radius 2 is 2.15 bits per heavy atom. The van der Waals surface area contributed by atoms with Crippen LogP contribution in [0.25, 0.3) is 0 Å². The van der Waals surface area contributed by atoms with Crippen molar-refractivity contribution in [1.82, 2.24) is 10.3 Å². The smallest absolute Gasteiger partial charge is 0.216 e. The van der Waals surface area contributed by atoms with Crippen LogP contribution in [0.4, 0.5) is 0 Å². The first-order valence-corrected chi connectivity index (χ1v) is 4.15. The van der Waals surface area contributed by atoms with Gasteiger partial charge >= 0.3 is 0 Å². The number of hydrogen-bond acceptors (Lipinski definition) is 4. The molecular weight excluding hydrogens is 168 g/mol. The van der Waals surface area contributed by atoms with Gasteiger partial charge in [0.15, 0.2) is 0 Å². The lowest BCUT2D eigenvalue weighted by atomic mass is 10.5. The summed E-state index contributed by atoms with van der Waals surface area (Å²) < 4.78 is 10.3. The van der Waals surface area contributed by atoms with Crippen LogP contribution in [0.3, 0.4) is 0 Å². The van der Waals surface area contributed by atoms with Gasteiger partial charge in [-0.05, 0) is 7.05 Å². The number of ether oxygens (including phenoxy) is 2. The van der Waals surface area contributed by atoms with E-state index in [0.29, 0.717) is 18.4 Å². The van der Waals surface area contributed by atoms with E-state index in [9.17, 15) is 0 Å². The minimum absolute atomic E-state index is 0.571. The van der Waals surface area contributed by atoms with Gasteiger partial charge < -0.3 is 14.8 Å². The second-order valence-electron chi connectivity index (χ2n) is 2.47. The molecule has 0 amide bonds. The van der Waals surface area contributed by atoms with Crippen LogP contribution in [0.1, 0.15) is 0 Å². The van der Waals surface area contributed by atoms with E-state index in [1.807, 2.05) is 13.1 Å². The third-order valence-electron chi connectivity index (χ3n) is 1.51. The van der Waals surface area contributed by atoms with E-state index in [1.54, 1.807) is 19.2 Å². The van der Waals surface area contributed by atoms with E-state index in [0.717, 1.165) is 6.54 Å². The highest BCUT2D eigenvalue weighted by atomic mass is 16.5. The number of methoxy groups -OCH3 is 1. The maximum atomic E-state index is 5.34. The van der Waals surface area contributed by atoms with Crippen LogP contribution >= 0.6 is 0 Å². The molecule has 1 N–H and O–H groups in total. The number of nitrogens with zero attached hydrogens (tertiary/aromatic N) is 1. The standard InChI is InChI=1S/C9H14N2O2/c1-10-6-7-13-9-5-3-4-8(11-9)12-2/h3-5,10H,6-7H2,1-2H3. The Morgan fingerprint density at radius 3 is 2.85 bits per heavy atom. The average molecular weight is 182 g/mol. The molecule has 0 aliphatic rings. The van der Waals surface area contributed by atoms with Gasteiger partial charge in [-0.1, -0.05) is 6.07 Å². The van der Waals surface area contributed by atoms with Crippen molar-refractivity contribution in [1.29, 1.82) is 0 Å². The fraction of sp³-hybridized carbons (Fsp3) is 0.444. The number of likely N-dealkylation sites (N-methyl/N-ethyl adjacent to an activating group) is 1. The quantitative estimate of drug-likeness (QED) is 0.680. The zero-order valence-electron chi connectivity index (χ0n) is 7.91. The number of pyridine rings is 1. The lowest BCUT2D eigenvalue weighted by Crippen LogP contribution is -2.16. The first-order chi connectivity index (χ1) is 6.36. The first kappa shape index (κ1) is 9.80. The van der Waals surface area contributed by atoms with Gasteiger partial charge in [-0.25, -0.2) is 0 Å². The summed E-state index contributed by atoms with van der Waals surface area (Å²) in [6, 6.07) is 5.43. The topological polar surface area (TPSA) is 43.4 Å². The Hall–Kier alpha value is -1.29. The number of nitrogens with one attached hydrogen (secondary N) is 1. The van der Waals surface area contributed by atoms with Crippen molar-refractivity contribution >= 4 is 0 Å². The van der Waals surface area contributed by atoms with Gasteiger partial charge in [-0.15, -0.1) is 0 Å². The molecular formula is C9H14N2O2. The largest absolute Gasteiger partial charge is 0.481 e. The van der Waals surface area contributed by atoms with Crippen LogP contribution in [0.2, 0.25) is 0 Å². The second-order valence-corrected chi connectivity index (χ2v) is 2.47. The third-order valence-corrected chi connectivity index (χ3v) is 1.51. The Labute approximate surface area is 77.9 Å². The fourth-order valence-electron chi connectivity index (χ4n) is 0.848. The van der Waals surface area contributed by atoms with E-state index in [2.05, 4.69) is 10.3 Å². The molecule has 0 aliphatic heterocycles. The molecule has 0 spiro atoms. The van der Waals surface area contributed by atoms with Crippen LogP contribution in [0.5, 0.6) is 11.8 Å². The molecule has 1 aromatic heterocycles. The highest BCUT2D eigenvalue weighted by molar-refractivity contribution is 5.19. The van der Waals surface area contributed by atoms with Gasteiger partial charge in [0.05, 0.1) is 7.11 Å². The molecule has 0 unspecified atom stereocenters. The molecule has 0 radical (unpaired) electrons. The van der Waals surface area contributed by atoms with Gasteiger partial charge in [0, 0.05) is 18.7 Å². The second kappa shape index (κ2) is 5.37. The number of aromatic nitrogens is 1.